The molecule has 1 aromatic carbocycles. The lowest BCUT2D eigenvalue weighted by Crippen LogP contribution is -2.35. The second-order valence-electron chi connectivity index (χ2n) is 7.08. The number of likely N-dealkylation sites (tertiary alicyclic amines) is 1. The van der Waals surface area contributed by atoms with Gasteiger partial charge in [0.15, 0.2) is 0 Å². The zero-order valence-electron chi connectivity index (χ0n) is 14.8. The van der Waals surface area contributed by atoms with Crippen LogP contribution in [-0.4, -0.2) is 49.7 Å². The van der Waals surface area contributed by atoms with Crippen LogP contribution in [0, 0.1) is 0 Å². The smallest absolute Gasteiger partial charge is 0.243 e. The highest BCUT2D eigenvalue weighted by Gasteiger charge is 2.25. The molecule has 0 aliphatic carbocycles. The van der Waals surface area contributed by atoms with E-state index < -0.39 is 10.0 Å². The molecule has 138 valence electrons. The number of hydrogen-bond acceptors (Lipinski definition) is 3. The number of hydrogen-bond donors (Lipinski definition) is 0. The zero-order valence-corrected chi connectivity index (χ0v) is 15.6. The molecule has 2 heterocycles. The number of carbonyl (C=O) groups is 1. The summed E-state index contributed by atoms with van der Waals surface area (Å²) < 4.78 is 26.9. The van der Waals surface area contributed by atoms with Gasteiger partial charge in [-0.2, -0.15) is 4.31 Å². The van der Waals surface area contributed by atoms with Crippen molar-refractivity contribution in [1.82, 2.24) is 9.21 Å². The first-order valence-electron chi connectivity index (χ1n) is 9.44. The molecule has 6 heteroatoms. The molecule has 0 unspecified atom stereocenters. The minimum atomic E-state index is -3.39. The highest BCUT2D eigenvalue weighted by Crippen LogP contribution is 2.21. The quantitative estimate of drug-likeness (QED) is 0.825. The molecular formula is C19H28N2O3S. The topological polar surface area (TPSA) is 57.7 Å². The molecule has 3 rings (SSSR count). The molecule has 0 saturated carbocycles. The van der Waals surface area contributed by atoms with Crippen LogP contribution in [0.3, 0.4) is 0 Å². The summed E-state index contributed by atoms with van der Waals surface area (Å²) >= 11 is 0. The summed E-state index contributed by atoms with van der Waals surface area (Å²) in [6.07, 6.45) is 7.88. The normalized spacial score (nSPS) is 20.2. The molecule has 2 aliphatic heterocycles. The van der Waals surface area contributed by atoms with Crippen molar-refractivity contribution >= 4 is 15.9 Å². The number of sulfonamides is 1. The van der Waals surface area contributed by atoms with E-state index in [0.29, 0.717) is 24.4 Å². The van der Waals surface area contributed by atoms with Crippen LogP contribution in [0.2, 0.25) is 0 Å². The zero-order chi connectivity index (χ0) is 17.7. The maximum Gasteiger partial charge on any atom is 0.243 e. The minimum absolute atomic E-state index is 0.147. The maximum atomic E-state index is 12.7. The van der Waals surface area contributed by atoms with Gasteiger partial charge in [0, 0.05) is 26.2 Å². The lowest BCUT2D eigenvalue weighted by atomic mass is 10.1. The first kappa shape index (κ1) is 18.4. The van der Waals surface area contributed by atoms with E-state index in [1.807, 2.05) is 4.90 Å². The van der Waals surface area contributed by atoms with E-state index in [1.54, 1.807) is 28.6 Å². The summed E-state index contributed by atoms with van der Waals surface area (Å²) in [5, 5.41) is 0. The predicted octanol–water partition coefficient (Wildman–Crippen LogP) is 2.81. The van der Waals surface area contributed by atoms with Crippen molar-refractivity contribution in [2.75, 3.05) is 26.2 Å². The largest absolute Gasteiger partial charge is 0.342 e. The van der Waals surface area contributed by atoms with Crippen LogP contribution in [-0.2, 0) is 21.2 Å². The Morgan fingerprint density at radius 2 is 1.32 bits per heavy atom. The molecular weight excluding hydrogens is 336 g/mol. The fourth-order valence-electron chi connectivity index (χ4n) is 3.64. The van der Waals surface area contributed by atoms with Crippen LogP contribution in [0.5, 0.6) is 0 Å². The maximum absolute atomic E-state index is 12.7. The van der Waals surface area contributed by atoms with Crippen molar-refractivity contribution in [2.45, 2.75) is 56.3 Å². The number of amides is 1. The molecule has 1 amide bonds. The van der Waals surface area contributed by atoms with Crippen molar-refractivity contribution in [2.24, 2.45) is 0 Å². The number of piperidine rings is 1. The standard InChI is InChI=1S/C19H28N2O3S/c22-19(20-12-4-1-2-5-13-20)16-17-8-10-18(11-9-17)25(23,24)21-14-6-3-7-15-21/h8-11H,1-7,12-16H2. The second kappa shape index (κ2) is 8.32. The first-order chi connectivity index (χ1) is 12.1. The van der Waals surface area contributed by atoms with Gasteiger partial charge in [-0.3, -0.25) is 4.79 Å². The molecule has 0 atom stereocenters. The Balaban J connectivity index is 1.64. The average Bonchev–Trinajstić information content (AvgIpc) is 2.92. The summed E-state index contributed by atoms with van der Waals surface area (Å²) in [4.78, 5) is 14.7. The van der Waals surface area contributed by atoms with Gasteiger partial charge in [0.2, 0.25) is 15.9 Å². The van der Waals surface area contributed by atoms with Crippen LogP contribution < -0.4 is 0 Å². The average molecular weight is 365 g/mol. The summed E-state index contributed by atoms with van der Waals surface area (Å²) in [7, 11) is -3.39. The fourth-order valence-corrected chi connectivity index (χ4v) is 5.16. The van der Waals surface area contributed by atoms with Crippen LogP contribution >= 0.6 is 0 Å². The fraction of sp³-hybridized carbons (Fsp3) is 0.632. The third-order valence-electron chi connectivity index (χ3n) is 5.19. The van der Waals surface area contributed by atoms with Crippen molar-refractivity contribution in [3.8, 4) is 0 Å². The molecule has 0 aromatic heterocycles. The van der Waals surface area contributed by atoms with Gasteiger partial charge >= 0.3 is 0 Å². The Morgan fingerprint density at radius 1 is 0.800 bits per heavy atom. The predicted molar refractivity (Wildman–Crippen MR) is 97.8 cm³/mol. The van der Waals surface area contributed by atoms with E-state index in [1.165, 1.54) is 12.8 Å². The molecule has 0 radical (unpaired) electrons. The summed E-state index contributed by atoms with van der Waals surface area (Å²) in [5.41, 5.74) is 0.881. The lowest BCUT2D eigenvalue weighted by Gasteiger charge is -2.26. The third-order valence-corrected chi connectivity index (χ3v) is 7.10. The molecule has 2 fully saturated rings. The second-order valence-corrected chi connectivity index (χ2v) is 9.02. The van der Waals surface area contributed by atoms with E-state index in [0.717, 1.165) is 50.8 Å². The van der Waals surface area contributed by atoms with Gasteiger partial charge in [-0.15, -0.1) is 0 Å². The van der Waals surface area contributed by atoms with E-state index in [4.69, 9.17) is 0 Å². The van der Waals surface area contributed by atoms with Crippen LogP contribution in [0.15, 0.2) is 29.2 Å². The van der Waals surface area contributed by atoms with Crippen LogP contribution in [0.25, 0.3) is 0 Å². The van der Waals surface area contributed by atoms with E-state index >= 15 is 0 Å². The number of nitrogens with zero attached hydrogens (tertiary/aromatic N) is 2. The number of benzene rings is 1. The molecule has 1 aromatic rings. The van der Waals surface area contributed by atoms with E-state index in [2.05, 4.69) is 0 Å². The molecule has 2 saturated heterocycles. The molecule has 0 bridgehead atoms. The third kappa shape index (κ3) is 4.61. The molecule has 0 spiro atoms. The Hall–Kier alpha value is -1.40. The molecule has 2 aliphatic rings. The number of carbonyl (C=O) groups excluding carboxylic acids is 1. The Morgan fingerprint density at radius 3 is 1.92 bits per heavy atom. The monoisotopic (exact) mass is 364 g/mol. The molecule has 25 heavy (non-hydrogen) atoms. The van der Waals surface area contributed by atoms with Gasteiger partial charge in [-0.25, -0.2) is 8.42 Å². The highest BCUT2D eigenvalue weighted by molar-refractivity contribution is 7.89. The summed E-state index contributed by atoms with van der Waals surface area (Å²) in [5.74, 6) is 0.147. The van der Waals surface area contributed by atoms with E-state index in [9.17, 15) is 13.2 Å². The first-order valence-corrected chi connectivity index (χ1v) is 10.9. The molecule has 5 nitrogen and oxygen atoms in total. The van der Waals surface area contributed by atoms with Gasteiger partial charge in [0.25, 0.3) is 0 Å². The Bertz CT molecular complexity index is 671. The molecule has 0 N–H and O–H groups in total. The van der Waals surface area contributed by atoms with Gasteiger partial charge in [-0.1, -0.05) is 31.4 Å². The van der Waals surface area contributed by atoms with Gasteiger partial charge in [0.1, 0.15) is 0 Å². The summed E-state index contributed by atoms with van der Waals surface area (Å²) in [6, 6.07) is 6.86. The van der Waals surface area contributed by atoms with Crippen LogP contribution in [0.1, 0.15) is 50.5 Å². The Labute approximate surface area is 151 Å². The van der Waals surface area contributed by atoms with Crippen molar-refractivity contribution < 1.29 is 13.2 Å². The highest BCUT2D eigenvalue weighted by atomic mass is 32.2. The summed E-state index contributed by atoms with van der Waals surface area (Å²) in [6.45, 7) is 2.91. The van der Waals surface area contributed by atoms with Crippen molar-refractivity contribution in [3.05, 3.63) is 29.8 Å². The van der Waals surface area contributed by atoms with Gasteiger partial charge in [-0.05, 0) is 43.4 Å². The SMILES string of the molecule is O=C(Cc1ccc(S(=O)(=O)N2CCCCC2)cc1)N1CCCCCC1. The van der Waals surface area contributed by atoms with Crippen LogP contribution in [0.4, 0.5) is 0 Å². The Kier molecular flexibility index (Phi) is 6.12. The lowest BCUT2D eigenvalue weighted by molar-refractivity contribution is -0.130. The van der Waals surface area contributed by atoms with Crippen molar-refractivity contribution in [1.29, 1.82) is 0 Å². The van der Waals surface area contributed by atoms with Gasteiger partial charge in [0.05, 0.1) is 11.3 Å². The van der Waals surface area contributed by atoms with E-state index in [-0.39, 0.29) is 5.91 Å². The minimum Gasteiger partial charge on any atom is -0.342 e. The number of rotatable bonds is 4. The van der Waals surface area contributed by atoms with Crippen molar-refractivity contribution in [3.63, 3.8) is 0 Å². The van der Waals surface area contributed by atoms with Gasteiger partial charge < -0.3 is 4.90 Å².